The van der Waals surface area contributed by atoms with Crippen LogP contribution >= 0.6 is 7.82 Å². The first kappa shape index (κ1) is 50.2. The number of aliphatic carboxylic acids is 1. The Hall–Kier alpha value is -1.81. The summed E-state index contributed by atoms with van der Waals surface area (Å²) in [6.45, 7) is 3.77. The number of ether oxygens (including phenoxy) is 2. The Balaban J connectivity index is 4.18. The van der Waals surface area contributed by atoms with E-state index >= 15 is 0 Å². The van der Waals surface area contributed by atoms with E-state index in [-0.39, 0.29) is 13.0 Å². The number of carbonyl (C=O) groups excluding carboxylic acids is 1. The van der Waals surface area contributed by atoms with E-state index in [1.807, 2.05) is 0 Å². The minimum atomic E-state index is -4.61. The Bertz CT molecular complexity index is 972. The quantitative estimate of drug-likeness (QED) is 0.0239. The molecule has 304 valence electrons. The predicted molar refractivity (Wildman–Crippen MR) is 212 cm³/mol. The molecular weight excluding hydrogens is 681 g/mol. The van der Waals surface area contributed by atoms with E-state index in [2.05, 4.69) is 50.3 Å². The standard InChI is InChI=1S/C41H76NO9P/c1-3-5-7-9-11-13-15-16-17-18-19-20-21-22-23-24-26-28-30-32-34-48-35-38(36-49-52(46,47)50-37-39(42)41(44)45)51-40(43)33-31-29-27-25-14-12-10-8-6-4-2/h8,10-11,13,16-17,38-39H,3-7,9,12,14-15,18-37,42H2,1-2H3,(H,44,45)(H,46,47)/b10-8-,13-11-,17-16-. The van der Waals surface area contributed by atoms with Crippen molar-refractivity contribution in [1.29, 1.82) is 0 Å². The number of carbonyl (C=O) groups is 2. The summed E-state index contributed by atoms with van der Waals surface area (Å²) in [6.07, 6.45) is 40.6. The second kappa shape index (κ2) is 37.5. The van der Waals surface area contributed by atoms with Gasteiger partial charge < -0.3 is 25.2 Å². The smallest absolute Gasteiger partial charge is 0.472 e. The number of unbranched alkanes of at least 4 members (excludes halogenated alkanes) is 19. The molecule has 0 heterocycles. The number of allylic oxidation sites excluding steroid dienone is 6. The maximum atomic E-state index is 12.5. The highest BCUT2D eigenvalue weighted by atomic mass is 31.2. The molecule has 0 radical (unpaired) electrons. The molecule has 10 nitrogen and oxygen atoms in total. The van der Waals surface area contributed by atoms with Crippen molar-refractivity contribution in [2.24, 2.45) is 5.73 Å². The van der Waals surface area contributed by atoms with Gasteiger partial charge in [-0.1, -0.05) is 140 Å². The molecule has 3 unspecified atom stereocenters. The van der Waals surface area contributed by atoms with E-state index in [1.165, 1.54) is 77.0 Å². The highest BCUT2D eigenvalue weighted by Crippen LogP contribution is 2.43. The molecule has 0 spiro atoms. The van der Waals surface area contributed by atoms with E-state index in [9.17, 15) is 19.0 Å². The fourth-order valence-electron chi connectivity index (χ4n) is 5.40. The van der Waals surface area contributed by atoms with Gasteiger partial charge in [-0.2, -0.15) is 0 Å². The molecule has 0 aromatic heterocycles. The maximum absolute atomic E-state index is 12.5. The topological polar surface area (TPSA) is 155 Å². The van der Waals surface area contributed by atoms with Crippen molar-refractivity contribution in [1.82, 2.24) is 0 Å². The normalized spacial score (nSPS) is 14.4. The molecule has 0 aromatic rings. The fraction of sp³-hybridized carbons (Fsp3) is 0.805. The van der Waals surface area contributed by atoms with Crippen LogP contribution in [0.5, 0.6) is 0 Å². The van der Waals surface area contributed by atoms with Crippen LogP contribution in [0.15, 0.2) is 36.5 Å². The molecule has 0 saturated heterocycles. The molecule has 0 fully saturated rings. The van der Waals surface area contributed by atoms with Crippen LogP contribution < -0.4 is 5.73 Å². The Kier molecular flexibility index (Phi) is 36.2. The molecule has 0 amide bonds. The summed E-state index contributed by atoms with van der Waals surface area (Å²) >= 11 is 0. The van der Waals surface area contributed by atoms with Crippen LogP contribution in [0.4, 0.5) is 0 Å². The molecule has 0 saturated carbocycles. The zero-order valence-corrected chi connectivity index (χ0v) is 33.8. The summed E-state index contributed by atoms with van der Waals surface area (Å²) < 4.78 is 33.2. The van der Waals surface area contributed by atoms with Crippen LogP contribution in [0.3, 0.4) is 0 Å². The largest absolute Gasteiger partial charge is 0.480 e. The SMILES string of the molecule is CCC/C=C\CCCCCCCC(=O)OC(COCCCCCCCCCCCC/C=C\C/C=C\CCCCC)COP(=O)(O)OCC(N)C(=O)O. The average molecular weight is 758 g/mol. The molecule has 0 aliphatic carbocycles. The van der Waals surface area contributed by atoms with E-state index in [0.29, 0.717) is 13.0 Å². The van der Waals surface area contributed by atoms with E-state index in [0.717, 1.165) is 70.6 Å². The van der Waals surface area contributed by atoms with Gasteiger partial charge in [-0.15, -0.1) is 0 Å². The van der Waals surface area contributed by atoms with Crippen molar-refractivity contribution < 1.29 is 42.7 Å². The molecule has 11 heteroatoms. The number of rotatable bonds is 39. The van der Waals surface area contributed by atoms with Gasteiger partial charge in [0.15, 0.2) is 0 Å². The van der Waals surface area contributed by atoms with Gasteiger partial charge in [-0.3, -0.25) is 18.6 Å². The molecule has 0 bridgehead atoms. The Labute approximate surface area is 317 Å². The lowest BCUT2D eigenvalue weighted by Gasteiger charge is -2.20. The van der Waals surface area contributed by atoms with Gasteiger partial charge >= 0.3 is 19.8 Å². The predicted octanol–water partition coefficient (Wildman–Crippen LogP) is 10.9. The minimum Gasteiger partial charge on any atom is -0.480 e. The van der Waals surface area contributed by atoms with Gasteiger partial charge in [-0.05, 0) is 64.2 Å². The Morgan fingerprint density at radius 2 is 1.10 bits per heavy atom. The molecule has 0 aliphatic heterocycles. The van der Waals surface area contributed by atoms with Crippen molar-refractivity contribution in [2.75, 3.05) is 26.4 Å². The number of nitrogens with two attached hydrogens (primary N) is 1. The number of phosphoric acid groups is 1. The molecule has 0 rings (SSSR count). The van der Waals surface area contributed by atoms with Crippen LogP contribution in [-0.2, 0) is 32.7 Å². The summed E-state index contributed by atoms with van der Waals surface area (Å²) in [5, 5.41) is 8.87. The highest BCUT2D eigenvalue weighted by molar-refractivity contribution is 7.47. The first-order valence-corrected chi connectivity index (χ1v) is 22.0. The van der Waals surface area contributed by atoms with Crippen LogP contribution in [-0.4, -0.2) is 60.5 Å². The van der Waals surface area contributed by atoms with Crippen molar-refractivity contribution in [2.45, 2.75) is 187 Å². The maximum Gasteiger partial charge on any atom is 0.472 e. The Morgan fingerprint density at radius 1 is 0.615 bits per heavy atom. The van der Waals surface area contributed by atoms with E-state index < -0.39 is 45.1 Å². The van der Waals surface area contributed by atoms with Crippen LogP contribution in [0.2, 0.25) is 0 Å². The summed E-state index contributed by atoms with van der Waals surface area (Å²) in [5.41, 5.74) is 5.34. The van der Waals surface area contributed by atoms with E-state index in [1.54, 1.807) is 0 Å². The van der Waals surface area contributed by atoms with Gasteiger partial charge in [0.2, 0.25) is 0 Å². The van der Waals surface area contributed by atoms with Crippen molar-refractivity contribution in [3.63, 3.8) is 0 Å². The van der Waals surface area contributed by atoms with E-state index in [4.69, 9.17) is 29.4 Å². The lowest BCUT2D eigenvalue weighted by Crippen LogP contribution is -2.34. The fourth-order valence-corrected chi connectivity index (χ4v) is 6.18. The number of hydrogen-bond acceptors (Lipinski definition) is 8. The third kappa shape index (κ3) is 36.5. The first-order valence-electron chi connectivity index (χ1n) is 20.5. The van der Waals surface area contributed by atoms with Gasteiger partial charge in [0.1, 0.15) is 12.1 Å². The summed E-state index contributed by atoms with van der Waals surface area (Å²) in [6, 6.07) is -1.47. The second-order valence-corrected chi connectivity index (χ2v) is 15.2. The second-order valence-electron chi connectivity index (χ2n) is 13.8. The van der Waals surface area contributed by atoms with Gasteiger partial charge in [0.25, 0.3) is 0 Å². The number of esters is 1. The zero-order chi connectivity index (χ0) is 38.4. The molecular formula is C41H76NO9P. The number of phosphoric ester groups is 1. The lowest BCUT2D eigenvalue weighted by molar-refractivity contribution is -0.154. The number of hydrogen-bond donors (Lipinski definition) is 3. The van der Waals surface area contributed by atoms with Gasteiger partial charge in [0, 0.05) is 13.0 Å². The van der Waals surface area contributed by atoms with Crippen LogP contribution in [0.1, 0.15) is 174 Å². The molecule has 0 aliphatic rings. The van der Waals surface area contributed by atoms with Gasteiger partial charge in [0.05, 0.1) is 19.8 Å². The number of carboxylic acids is 1. The summed E-state index contributed by atoms with van der Waals surface area (Å²) in [5.74, 6) is -1.79. The minimum absolute atomic E-state index is 0.0118. The van der Waals surface area contributed by atoms with Gasteiger partial charge in [-0.25, -0.2) is 4.57 Å². The molecule has 4 N–H and O–H groups in total. The molecule has 3 atom stereocenters. The van der Waals surface area contributed by atoms with Crippen molar-refractivity contribution in [3.8, 4) is 0 Å². The number of carboxylic acid groups (broad SMARTS) is 1. The monoisotopic (exact) mass is 758 g/mol. The molecule has 52 heavy (non-hydrogen) atoms. The van der Waals surface area contributed by atoms with Crippen LogP contribution in [0.25, 0.3) is 0 Å². The third-order valence-electron chi connectivity index (χ3n) is 8.62. The van der Waals surface area contributed by atoms with Crippen molar-refractivity contribution in [3.05, 3.63) is 36.5 Å². The Morgan fingerprint density at radius 3 is 1.65 bits per heavy atom. The lowest BCUT2D eigenvalue weighted by atomic mass is 10.1. The summed E-state index contributed by atoms with van der Waals surface area (Å²) in [4.78, 5) is 33.4. The third-order valence-corrected chi connectivity index (χ3v) is 9.57. The van der Waals surface area contributed by atoms with Crippen molar-refractivity contribution >= 4 is 19.8 Å². The molecule has 0 aromatic carbocycles. The highest BCUT2D eigenvalue weighted by Gasteiger charge is 2.27. The average Bonchev–Trinajstić information content (AvgIpc) is 3.12. The first-order chi connectivity index (χ1) is 25.2. The summed E-state index contributed by atoms with van der Waals surface area (Å²) in [7, 11) is -4.61. The van der Waals surface area contributed by atoms with Crippen LogP contribution in [0, 0.1) is 0 Å². The zero-order valence-electron chi connectivity index (χ0n) is 32.9.